The maximum Gasteiger partial charge on any atom is 0.320 e. The number of amides is 1. The summed E-state index contributed by atoms with van der Waals surface area (Å²) in [5.41, 5.74) is 5.40. The van der Waals surface area contributed by atoms with E-state index >= 15 is 0 Å². The summed E-state index contributed by atoms with van der Waals surface area (Å²) in [6.45, 7) is 1.40. The number of aliphatic carboxylic acids is 1. The Bertz CT molecular complexity index is 452. The summed E-state index contributed by atoms with van der Waals surface area (Å²) in [6, 6.07) is -0.565. The van der Waals surface area contributed by atoms with E-state index in [1.54, 1.807) is 17.4 Å². The van der Waals surface area contributed by atoms with Crippen molar-refractivity contribution >= 4 is 11.9 Å². The summed E-state index contributed by atoms with van der Waals surface area (Å²) in [5.74, 6) is -1.07. The molecule has 20 heavy (non-hydrogen) atoms. The van der Waals surface area contributed by atoms with Gasteiger partial charge in [0.25, 0.3) is 0 Å². The van der Waals surface area contributed by atoms with Gasteiger partial charge in [0.05, 0.1) is 6.33 Å². The predicted molar refractivity (Wildman–Crippen MR) is 71.9 cm³/mol. The minimum atomic E-state index is -1.06. The van der Waals surface area contributed by atoms with Gasteiger partial charge in [-0.05, 0) is 19.3 Å². The van der Waals surface area contributed by atoms with Gasteiger partial charge in [-0.3, -0.25) is 9.59 Å². The van der Waals surface area contributed by atoms with Gasteiger partial charge in [-0.2, -0.15) is 0 Å². The van der Waals surface area contributed by atoms with E-state index in [1.807, 2.05) is 6.20 Å². The summed E-state index contributed by atoms with van der Waals surface area (Å²) in [5, 5.41) is 8.69. The third-order valence-corrected chi connectivity index (χ3v) is 3.75. The third-order valence-electron chi connectivity index (χ3n) is 3.75. The molecule has 0 spiro atoms. The zero-order valence-corrected chi connectivity index (χ0v) is 11.3. The normalized spacial score (nSPS) is 17.9. The monoisotopic (exact) mass is 280 g/mol. The zero-order valence-electron chi connectivity index (χ0n) is 11.3. The largest absolute Gasteiger partial charge is 0.480 e. The lowest BCUT2D eigenvalue weighted by Gasteiger charge is -2.32. The van der Waals surface area contributed by atoms with E-state index < -0.39 is 12.0 Å². The molecule has 1 atom stereocenters. The Hall–Kier alpha value is -1.89. The van der Waals surface area contributed by atoms with Crippen molar-refractivity contribution in [2.24, 2.45) is 5.73 Å². The maximum atomic E-state index is 12.0. The van der Waals surface area contributed by atoms with E-state index in [0.29, 0.717) is 19.1 Å². The van der Waals surface area contributed by atoms with Crippen molar-refractivity contribution in [1.82, 2.24) is 14.5 Å². The number of likely N-dealkylation sites (tertiary alicyclic amines) is 1. The topological polar surface area (TPSA) is 101 Å². The molecule has 1 aromatic rings. The number of aromatic nitrogens is 2. The summed E-state index contributed by atoms with van der Waals surface area (Å²) in [4.78, 5) is 28.4. The molecule has 1 aliphatic heterocycles. The highest BCUT2D eigenvalue weighted by atomic mass is 16.4. The average molecular weight is 280 g/mol. The standard InChI is InChI=1S/C13H20N4O3/c14-11(13(19)20)1-2-12(18)16-6-3-10(4-7-16)17-8-5-15-9-17/h5,8-11H,1-4,6-7,14H2,(H,19,20). The first-order valence-corrected chi connectivity index (χ1v) is 6.81. The predicted octanol–water partition coefficient (Wildman–Crippen LogP) is 0.239. The second kappa shape index (κ2) is 6.51. The van der Waals surface area contributed by atoms with Crippen LogP contribution in [0.25, 0.3) is 0 Å². The van der Waals surface area contributed by atoms with Crippen LogP contribution < -0.4 is 5.73 Å². The van der Waals surface area contributed by atoms with E-state index in [-0.39, 0.29) is 18.7 Å². The number of carbonyl (C=O) groups is 2. The van der Waals surface area contributed by atoms with Gasteiger partial charge >= 0.3 is 5.97 Å². The number of carboxylic acids is 1. The fraction of sp³-hybridized carbons (Fsp3) is 0.615. The molecule has 7 nitrogen and oxygen atoms in total. The first kappa shape index (κ1) is 14.5. The SMILES string of the molecule is NC(CCC(=O)N1CCC(n2ccnc2)CC1)C(=O)O. The molecule has 1 aromatic heterocycles. The minimum Gasteiger partial charge on any atom is -0.480 e. The molecule has 110 valence electrons. The first-order valence-electron chi connectivity index (χ1n) is 6.81. The number of nitrogens with zero attached hydrogens (tertiary/aromatic N) is 3. The van der Waals surface area contributed by atoms with Crippen molar-refractivity contribution < 1.29 is 14.7 Å². The summed E-state index contributed by atoms with van der Waals surface area (Å²) >= 11 is 0. The lowest BCUT2D eigenvalue weighted by atomic mass is 10.0. The summed E-state index contributed by atoms with van der Waals surface area (Å²) < 4.78 is 2.07. The van der Waals surface area contributed by atoms with Gasteiger partial charge in [0.15, 0.2) is 0 Å². The lowest BCUT2D eigenvalue weighted by Crippen LogP contribution is -2.40. The van der Waals surface area contributed by atoms with E-state index in [1.165, 1.54) is 0 Å². The van der Waals surface area contributed by atoms with Gasteiger partial charge in [0, 0.05) is 37.9 Å². The quantitative estimate of drug-likeness (QED) is 0.804. The van der Waals surface area contributed by atoms with Crippen LogP contribution in [0.4, 0.5) is 0 Å². The van der Waals surface area contributed by atoms with Crippen LogP contribution in [0.15, 0.2) is 18.7 Å². The van der Waals surface area contributed by atoms with Gasteiger partial charge in [0.2, 0.25) is 5.91 Å². The summed E-state index contributed by atoms with van der Waals surface area (Å²) in [6.07, 6.45) is 7.67. The van der Waals surface area contributed by atoms with Crippen LogP contribution >= 0.6 is 0 Å². The molecule has 3 N–H and O–H groups in total. The molecule has 1 fully saturated rings. The summed E-state index contributed by atoms with van der Waals surface area (Å²) in [7, 11) is 0. The second-order valence-electron chi connectivity index (χ2n) is 5.11. The van der Waals surface area contributed by atoms with Crippen molar-refractivity contribution in [2.75, 3.05) is 13.1 Å². The number of piperidine rings is 1. The van der Waals surface area contributed by atoms with E-state index in [2.05, 4.69) is 9.55 Å². The van der Waals surface area contributed by atoms with Crippen molar-refractivity contribution in [1.29, 1.82) is 0 Å². The molecule has 7 heteroatoms. The Morgan fingerprint density at radius 1 is 1.40 bits per heavy atom. The molecule has 2 heterocycles. The number of carbonyl (C=O) groups excluding carboxylic acids is 1. The maximum absolute atomic E-state index is 12.0. The number of nitrogens with two attached hydrogens (primary N) is 1. The molecule has 1 saturated heterocycles. The van der Waals surface area contributed by atoms with Gasteiger partial charge < -0.3 is 20.3 Å². The molecule has 0 saturated carbocycles. The van der Waals surface area contributed by atoms with Crippen LogP contribution in [0, 0.1) is 0 Å². The van der Waals surface area contributed by atoms with Crippen LogP contribution in [0.2, 0.25) is 0 Å². The first-order chi connectivity index (χ1) is 9.58. The molecule has 0 bridgehead atoms. The van der Waals surface area contributed by atoms with Gasteiger partial charge in [-0.15, -0.1) is 0 Å². The fourth-order valence-electron chi connectivity index (χ4n) is 2.46. The van der Waals surface area contributed by atoms with Crippen LogP contribution in [-0.4, -0.2) is 50.6 Å². The average Bonchev–Trinajstić information content (AvgIpc) is 2.98. The van der Waals surface area contributed by atoms with Gasteiger partial charge in [-0.1, -0.05) is 0 Å². The van der Waals surface area contributed by atoms with Crippen LogP contribution in [0.5, 0.6) is 0 Å². The van der Waals surface area contributed by atoms with E-state index in [4.69, 9.17) is 10.8 Å². The van der Waals surface area contributed by atoms with Crippen LogP contribution in [-0.2, 0) is 9.59 Å². The van der Waals surface area contributed by atoms with Crippen molar-refractivity contribution in [3.8, 4) is 0 Å². The fourth-order valence-corrected chi connectivity index (χ4v) is 2.46. The Morgan fingerprint density at radius 2 is 2.10 bits per heavy atom. The molecule has 0 aliphatic carbocycles. The molecule has 1 unspecified atom stereocenters. The molecular weight excluding hydrogens is 260 g/mol. The highest BCUT2D eigenvalue weighted by molar-refractivity contribution is 5.78. The number of carboxylic acid groups (broad SMARTS) is 1. The highest BCUT2D eigenvalue weighted by Gasteiger charge is 2.24. The van der Waals surface area contributed by atoms with Crippen molar-refractivity contribution in [3.63, 3.8) is 0 Å². The molecule has 1 amide bonds. The highest BCUT2D eigenvalue weighted by Crippen LogP contribution is 2.22. The Kier molecular flexibility index (Phi) is 4.73. The van der Waals surface area contributed by atoms with Crippen LogP contribution in [0.1, 0.15) is 31.7 Å². The van der Waals surface area contributed by atoms with Crippen molar-refractivity contribution in [3.05, 3.63) is 18.7 Å². The molecular formula is C13H20N4O3. The Labute approximate surface area is 117 Å². The third kappa shape index (κ3) is 3.57. The molecule has 0 aromatic carbocycles. The molecule has 2 rings (SSSR count). The van der Waals surface area contributed by atoms with Gasteiger partial charge in [0.1, 0.15) is 6.04 Å². The zero-order chi connectivity index (χ0) is 14.5. The Balaban J connectivity index is 1.76. The van der Waals surface area contributed by atoms with E-state index in [9.17, 15) is 9.59 Å². The minimum absolute atomic E-state index is 0.00854. The molecule has 1 aliphatic rings. The van der Waals surface area contributed by atoms with Crippen molar-refractivity contribution in [2.45, 2.75) is 37.8 Å². The smallest absolute Gasteiger partial charge is 0.320 e. The number of rotatable bonds is 5. The van der Waals surface area contributed by atoms with Crippen LogP contribution in [0.3, 0.4) is 0 Å². The second-order valence-corrected chi connectivity index (χ2v) is 5.11. The van der Waals surface area contributed by atoms with E-state index in [0.717, 1.165) is 12.8 Å². The van der Waals surface area contributed by atoms with Gasteiger partial charge in [-0.25, -0.2) is 4.98 Å². The number of hydrogen-bond donors (Lipinski definition) is 2. The Morgan fingerprint density at radius 3 is 2.65 bits per heavy atom. The molecule has 0 radical (unpaired) electrons. The number of hydrogen-bond acceptors (Lipinski definition) is 4. The lowest BCUT2D eigenvalue weighted by molar-refractivity contribution is -0.139. The number of imidazole rings is 1.